The number of hydrazone groups is 1. The number of hydrogen-bond acceptors (Lipinski definition) is 3. The van der Waals surface area contributed by atoms with Crippen LogP contribution in [0.2, 0.25) is 0 Å². The van der Waals surface area contributed by atoms with E-state index in [4.69, 9.17) is 4.74 Å². The van der Waals surface area contributed by atoms with Crippen LogP contribution in [0.1, 0.15) is 33.1 Å². The molecule has 0 bridgehead atoms. The van der Waals surface area contributed by atoms with E-state index in [9.17, 15) is 14.0 Å². The van der Waals surface area contributed by atoms with Crippen molar-refractivity contribution in [3.8, 4) is 5.75 Å². The van der Waals surface area contributed by atoms with Gasteiger partial charge in [0.05, 0.1) is 12.7 Å². The number of hydrogen-bond donors (Lipinski definition) is 2. The second-order valence-electron chi connectivity index (χ2n) is 7.57. The van der Waals surface area contributed by atoms with Gasteiger partial charge in [0, 0.05) is 11.1 Å². The Morgan fingerprint density at radius 1 is 1.06 bits per heavy atom. The molecule has 2 amide bonds. The minimum absolute atomic E-state index is 0.272. The average Bonchev–Trinajstić information content (AvgIpc) is 3.09. The first-order chi connectivity index (χ1) is 15.5. The number of nitrogens with one attached hydrogen (secondary N) is 2. The molecule has 1 aliphatic rings. The van der Waals surface area contributed by atoms with Crippen LogP contribution in [0.25, 0.3) is 0 Å². The number of aryl methyl sites for hydroxylation is 1. The zero-order chi connectivity index (χ0) is 22.7. The molecule has 0 aliphatic carbocycles. The first kappa shape index (κ1) is 21.2. The Kier molecular flexibility index (Phi) is 5.98. The third-order valence-corrected chi connectivity index (χ3v) is 5.37. The third kappa shape index (κ3) is 4.37. The molecule has 0 spiro atoms. The van der Waals surface area contributed by atoms with Gasteiger partial charge in [0.25, 0.3) is 5.91 Å². The summed E-state index contributed by atoms with van der Waals surface area (Å²) in [5, 5.41) is 2.81. The first-order valence-electron chi connectivity index (χ1n) is 10.2. The van der Waals surface area contributed by atoms with Crippen molar-refractivity contribution in [2.24, 2.45) is 0 Å². The van der Waals surface area contributed by atoms with Crippen LogP contribution >= 0.6 is 0 Å². The summed E-state index contributed by atoms with van der Waals surface area (Å²) >= 11 is 0. The van der Waals surface area contributed by atoms with Gasteiger partial charge in [0.2, 0.25) is 12.3 Å². The highest BCUT2D eigenvalue weighted by molar-refractivity contribution is 5.98. The molecule has 0 aromatic heterocycles. The SMILES string of the molecule is COc1ccccc1/C=[N+]1\NC(=O)[C@@H](NC(=O)c2ccc(F)cc2)[C@H]1c1ccc(C)cc1. The van der Waals surface area contributed by atoms with Gasteiger partial charge < -0.3 is 10.1 Å². The van der Waals surface area contributed by atoms with E-state index < -0.39 is 23.8 Å². The van der Waals surface area contributed by atoms with E-state index in [1.165, 1.54) is 24.3 Å². The van der Waals surface area contributed by atoms with Crippen LogP contribution in [0.15, 0.2) is 72.8 Å². The Morgan fingerprint density at radius 3 is 2.44 bits per heavy atom. The van der Waals surface area contributed by atoms with Gasteiger partial charge in [0.15, 0.2) is 6.04 Å². The lowest BCUT2D eigenvalue weighted by Gasteiger charge is -2.15. The van der Waals surface area contributed by atoms with Crippen molar-refractivity contribution in [3.05, 3.63) is 101 Å². The fraction of sp³-hybridized carbons (Fsp3) is 0.160. The second-order valence-corrected chi connectivity index (χ2v) is 7.57. The molecule has 0 radical (unpaired) electrons. The predicted molar refractivity (Wildman–Crippen MR) is 118 cm³/mol. The number of amides is 2. The van der Waals surface area contributed by atoms with Gasteiger partial charge in [-0.3, -0.25) is 9.59 Å². The van der Waals surface area contributed by atoms with Crippen molar-refractivity contribution >= 4 is 18.0 Å². The van der Waals surface area contributed by atoms with Gasteiger partial charge in [-0.2, -0.15) is 0 Å². The number of halogens is 1. The van der Waals surface area contributed by atoms with E-state index in [1.807, 2.05) is 55.5 Å². The van der Waals surface area contributed by atoms with Crippen LogP contribution in [-0.2, 0) is 4.79 Å². The smallest absolute Gasteiger partial charge is 0.304 e. The van der Waals surface area contributed by atoms with Gasteiger partial charge in [-0.1, -0.05) is 42.0 Å². The molecule has 6 nitrogen and oxygen atoms in total. The largest absolute Gasteiger partial charge is 0.496 e. The van der Waals surface area contributed by atoms with E-state index in [0.29, 0.717) is 5.75 Å². The first-order valence-corrected chi connectivity index (χ1v) is 10.2. The second kappa shape index (κ2) is 9.01. The quantitative estimate of drug-likeness (QED) is 0.609. The molecule has 1 heterocycles. The molecule has 2 N–H and O–H groups in total. The number of nitrogens with zero attached hydrogens (tertiary/aromatic N) is 1. The zero-order valence-electron chi connectivity index (χ0n) is 17.7. The Labute approximate surface area is 185 Å². The van der Waals surface area contributed by atoms with Crippen molar-refractivity contribution in [1.29, 1.82) is 0 Å². The highest BCUT2D eigenvalue weighted by Gasteiger charge is 2.47. The molecule has 0 saturated carbocycles. The molecule has 1 saturated heterocycles. The monoisotopic (exact) mass is 432 g/mol. The Morgan fingerprint density at radius 2 is 1.75 bits per heavy atom. The van der Waals surface area contributed by atoms with E-state index in [1.54, 1.807) is 18.0 Å². The molecule has 4 rings (SSSR count). The van der Waals surface area contributed by atoms with Crippen LogP contribution in [-0.4, -0.2) is 35.9 Å². The van der Waals surface area contributed by atoms with E-state index in [2.05, 4.69) is 10.7 Å². The number of ether oxygens (including phenoxy) is 1. The molecule has 7 heteroatoms. The average molecular weight is 432 g/mol. The molecule has 162 valence electrons. The number of carbonyl (C=O) groups excluding carboxylic acids is 2. The Balaban J connectivity index is 1.72. The third-order valence-electron chi connectivity index (χ3n) is 5.37. The summed E-state index contributed by atoms with van der Waals surface area (Å²) in [6, 6.07) is 19.1. The summed E-state index contributed by atoms with van der Waals surface area (Å²) in [4.78, 5) is 25.7. The molecule has 32 heavy (non-hydrogen) atoms. The minimum Gasteiger partial charge on any atom is -0.496 e. The predicted octanol–water partition coefficient (Wildman–Crippen LogP) is 3.16. The van der Waals surface area contributed by atoms with Crippen LogP contribution in [0.5, 0.6) is 5.75 Å². The number of carbonyl (C=O) groups is 2. The van der Waals surface area contributed by atoms with Crippen molar-refractivity contribution in [3.63, 3.8) is 0 Å². The number of para-hydroxylation sites is 1. The van der Waals surface area contributed by atoms with Crippen molar-refractivity contribution < 1.29 is 23.4 Å². The summed E-state index contributed by atoms with van der Waals surface area (Å²) in [5.41, 5.74) is 5.82. The van der Waals surface area contributed by atoms with Crippen molar-refractivity contribution in [2.75, 3.05) is 7.11 Å². The lowest BCUT2D eigenvalue weighted by Crippen LogP contribution is -2.42. The highest BCUT2D eigenvalue weighted by Crippen LogP contribution is 2.27. The summed E-state index contributed by atoms with van der Waals surface area (Å²) in [6.07, 6.45) is 1.78. The maximum Gasteiger partial charge on any atom is 0.304 e. The van der Waals surface area contributed by atoms with Crippen molar-refractivity contribution in [2.45, 2.75) is 19.0 Å². The van der Waals surface area contributed by atoms with Crippen LogP contribution in [0.4, 0.5) is 4.39 Å². The van der Waals surface area contributed by atoms with Crippen LogP contribution in [0.3, 0.4) is 0 Å². The normalized spacial score (nSPS) is 19.0. The summed E-state index contributed by atoms with van der Waals surface area (Å²) in [5.74, 6) is -0.586. The zero-order valence-corrected chi connectivity index (χ0v) is 17.7. The molecule has 3 aromatic rings. The lowest BCUT2D eigenvalue weighted by atomic mass is 9.98. The molecule has 3 aromatic carbocycles. The van der Waals surface area contributed by atoms with Gasteiger partial charge >= 0.3 is 5.91 Å². The maximum absolute atomic E-state index is 13.2. The van der Waals surface area contributed by atoms with Gasteiger partial charge in [-0.05, 0) is 43.3 Å². The number of rotatable bonds is 5. The summed E-state index contributed by atoms with van der Waals surface area (Å²) in [6.45, 7) is 1.98. The maximum atomic E-state index is 13.2. The molecular weight excluding hydrogens is 409 g/mol. The van der Waals surface area contributed by atoms with Gasteiger partial charge in [-0.25, -0.2) is 4.39 Å². The van der Waals surface area contributed by atoms with Gasteiger partial charge in [0.1, 0.15) is 11.6 Å². The number of benzene rings is 3. The fourth-order valence-electron chi connectivity index (χ4n) is 3.69. The minimum atomic E-state index is -0.860. The lowest BCUT2D eigenvalue weighted by molar-refractivity contribution is -0.596. The molecule has 1 fully saturated rings. The summed E-state index contributed by atoms with van der Waals surface area (Å²) < 4.78 is 20.3. The highest BCUT2D eigenvalue weighted by atomic mass is 19.1. The topological polar surface area (TPSA) is 70.4 Å². The van der Waals surface area contributed by atoms with E-state index in [0.717, 1.165) is 16.7 Å². The fourth-order valence-corrected chi connectivity index (χ4v) is 3.69. The van der Waals surface area contributed by atoms with E-state index >= 15 is 0 Å². The van der Waals surface area contributed by atoms with Crippen LogP contribution in [0, 0.1) is 12.7 Å². The number of methoxy groups -OCH3 is 1. The standard InChI is InChI=1S/C25H22FN3O3/c1-16-7-9-17(10-8-16)23-22(27-24(30)18-11-13-20(26)14-12-18)25(31)28-29(23)15-19-5-3-4-6-21(19)32-2/h3-15,22-23H,1-2H3,(H-,27,28,30,31)/p+1/b29-15-/t22-,23+/m0/s1. The molecule has 2 atom stereocenters. The van der Waals surface area contributed by atoms with Crippen molar-refractivity contribution in [1.82, 2.24) is 10.7 Å². The summed E-state index contributed by atoms with van der Waals surface area (Å²) in [7, 11) is 1.58. The van der Waals surface area contributed by atoms with Crippen LogP contribution < -0.4 is 15.5 Å². The number of hydrazine groups is 1. The molecular formula is C25H23FN3O3+. The van der Waals surface area contributed by atoms with E-state index in [-0.39, 0.29) is 11.5 Å². The molecule has 0 unspecified atom stereocenters. The molecule has 1 aliphatic heterocycles. The van der Waals surface area contributed by atoms with Gasteiger partial charge in [-0.15, -0.1) is 10.1 Å². The Hall–Kier alpha value is -4.00. The Bertz CT molecular complexity index is 1170.